The van der Waals surface area contributed by atoms with Gasteiger partial charge in [0.15, 0.2) is 0 Å². The topological polar surface area (TPSA) is 119 Å². The molecule has 9 nitrogen and oxygen atoms in total. The highest BCUT2D eigenvalue weighted by Crippen LogP contribution is 2.29. The van der Waals surface area contributed by atoms with E-state index in [9.17, 15) is 22.8 Å². The van der Waals surface area contributed by atoms with E-state index < -0.39 is 27.8 Å². The molecule has 2 amide bonds. The lowest BCUT2D eigenvalue weighted by Crippen LogP contribution is -2.32. The third kappa shape index (κ3) is 3.47. The molecular formula is C19H16N2O7S. The fourth-order valence-electron chi connectivity index (χ4n) is 2.88. The predicted octanol–water partition coefficient (Wildman–Crippen LogP) is 1.50. The van der Waals surface area contributed by atoms with Gasteiger partial charge in [-0.3, -0.25) is 9.59 Å². The molecule has 4 rings (SSSR count). The summed E-state index contributed by atoms with van der Waals surface area (Å²) in [5.74, 6) is -2.54. The van der Waals surface area contributed by atoms with Crippen LogP contribution in [-0.2, 0) is 14.9 Å². The monoisotopic (exact) mass is 416 g/mol. The molecule has 0 aromatic heterocycles. The van der Waals surface area contributed by atoms with Crippen LogP contribution in [0, 0.1) is 0 Å². The standard InChI is InChI=1S/C19H16N2O7S/c1-27-15-9-6-11(10-16(15)29(25,26)20-12-7-8-12)19(24)28-21-17(22)13-4-2-3-5-14(13)18(21)23/h2-6,9-10,12,20H,7-8H2,1H3. The van der Waals surface area contributed by atoms with Crippen molar-refractivity contribution in [2.24, 2.45) is 0 Å². The van der Waals surface area contributed by atoms with Crippen molar-refractivity contribution < 1.29 is 32.4 Å². The number of nitrogens with zero attached hydrogens (tertiary/aromatic N) is 1. The van der Waals surface area contributed by atoms with Gasteiger partial charge in [0, 0.05) is 6.04 Å². The van der Waals surface area contributed by atoms with E-state index in [0.717, 1.165) is 18.9 Å². The van der Waals surface area contributed by atoms with Crippen LogP contribution in [0.4, 0.5) is 0 Å². The lowest BCUT2D eigenvalue weighted by atomic mass is 10.1. The van der Waals surface area contributed by atoms with Crippen LogP contribution in [0.5, 0.6) is 5.75 Å². The highest BCUT2D eigenvalue weighted by molar-refractivity contribution is 7.89. The summed E-state index contributed by atoms with van der Waals surface area (Å²) < 4.78 is 32.7. The molecule has 0 bridgehead atoms. The quantitative estimate of drug-likeness (QED) is 0.709. The molecule has 150 valence electrons. The molecule has 0 atom stereocenters. The van der Waals surface area contributed by atoms with E-state index in [1.807, 2.05) is 0 Å². The molecule has 1 saturated carbocycles. The molecular weight excluding hydrogens is 400 g/mol. The smallest absolute Gasteiger partial charge is 0.363 e. The van der Waals surface area contributed by atoms with Crippen molar-refractivity contribution in [3.8, 4) is 5.75 Å². The first-order chi connectivity index (χ1) is 13.8. The summed E-state index contributed by atoms with van der Waals surface area (Å²) in [6.07, 6.45) is 1.48. The molecule has 2 aliphatic rings. The van der Waals surface area contributed by atoms with E-state index in [1.165, 1.54) is 31.4 Å². The molecule has 1 aliphatic carbocycles. The van der Waals surface area contributed by atoms with Crippen LogP contribution < -0.4 is 9.46 Å². The Balaban J connectivity index is 1.60. The van der Waals surface area contributed by atoms with Gasteiger partial charge >= 0.3 is 5.97 Å². The minimum Gasteiger partial charge on any atom is -0.495 e. The largest absolute Gasteiger partial charge is 0.495 e. The molecule has 0 saturated heterocycles. The maximum Gasteiger partial charge on any atom is 0.363 e. The Morgan fingerprint density at radius 1 is 1.07 bits per heavy atom. The van der Waals surface area contributed by atoms with Crippen LogP contribution >= 0.6 is 0 Å². The summed E-state index contributed by atoms with van der Waals surface area (Å²) in [7, 11) is -2.61. The number of fused-ring (bicyclic) bond motifs is 1. The number of hydrogen-bond acceptors (Lipinski definition) is 7. The lowest BCUT2D eigenvalue weighted by molar-refractivity contribution is -0.0584. The van der Waals surface area contributed by atoms with Gasteiger partial charge < -0.3 is 9.57 Å². The van der Waals surface area contributed by atoms with E-state index in [0.29, 0.717) is 5.06 Å². The van der Waals surface area contributed by atoms with Crippen LogP contribution in [0.25, 0.3) is 0 Å². The van der Waals surface area contributed by atoms with E-state index in [-0.39, 0.29) is 33.4 Å². The highest BCUT2D eigenvalue weighted by Gasteiger charge is 2.39. The number of rotatable bonds is 6. The zero-order chi connectivity index (χ0) is 20.8. The summed E-state index contributed by atoms with van der Waals surface area (Å²) in [6.45, 7) is 0. The molecule has 1 heterocycles. The SMILES string of the molecule is COc1ccc(C(=O)ON2C(=O)c3ccccc3C2=O)cc1S(=O)(=O)NC1CC1. The van der Waals surface area contributed by atoms with Crippen molar-refractivity contribution in [2.75, 3.05) is 7.11 Å². The number of methoxy groups -OCH3 is 1. The molecule has 29 heavy (non-hydrogen) atoms. The van der Waals surface area contributed by atoms with Gasteiger partial charge in [-0.15, -0.1) is 0 Å². The Morgan fingerprint density at radius 2 is 1.69 bits per heavy atom. The van der Waals surface area contributed by atoms with E-state index >= 15 is 0 Å². The van der Waals surface area contributed by atoms with Gasteiger partial charge in [0.1, 0.15) is 10.6 Å². The van der Waals surface area contributed by atoms with Gasteiger partial charge in [-0.2, -0.15) is 0 Å². The van der Waals surface area contributed by atoms with Crippen molar-refractivity contribution in [3.05, 3.63) is 59.2 Å². The predicted molar refractivity (Wildman–Crippen MR) is 98.7 cm³/mol. The van der Waals surface area contributed by atoms with Crippen molar-refractivity contribution in [1.29, 1.82) is 0 Å². The van der Waals surface area contributed by atoms with Gasteiger partial charge in [-0.1, -0.05) is 17.2 Å². The number of ether oxygens (including phenoxy) is 1. The van der Waals surface area contributed by atoms with Crippen molar-refractivity contribution in [2.45, 2.75) is 23.8 Å². The van der Waals surface area contributed by atoms with Crippen LogP contribution in [0.2, 0.25) is 0 Å². The van der Waals surface area contributed by atoms with Crippen molar-refractivity contribution >= 4 is 27.8 Å². The summed E-state index contributed by atoms with van der Waals surface area (Å²) in [5.41, 5.74) is 0.0902. The highest BCUT2D eigenvalue weighted by atomic mass is 32.2. The fraction of sp³-hybridized carbons (Fsp3) is 0.211. The average Bonchev–Trinajstić information content (AvgIpc) is 3.49. The Hall–Kier alpha value is -3.24. The first kappa shape index (κ1) is 19.1. The van der Waals surface area contributed by atoms with E-state index in [1.54, 1.807) is 12.1 Å². The molecule has 0 spiro atoms. The van der Waals surface area contributed by atoms with Crippen LogP contribution in [-0.4, -0.2) is 44.4 Å². The third-order valence-corrected chi connectivity index (χ3v) is 6.06. The van der Waals surface area contributed by atoms with Crippen LogP contribution in [0.1, 0.15) is 43.9 Å². The molecule has 0 unspecified atom stereocenters. The van der Waals surface area contributed by atoms with Gasteiger partial charge in [0.25, 0.3) is 11.8 Å². The molecule has 1 N–H and O–H groups in total. The molecule has 10 heteroatoms. The lowest BCUT2D eigenvalue weighted by Gasteiger charge is -2.14. The second-order valence-corrected chi connectivity index (χ2v) is 8.27. The second kappa shape index (κ2) is 6.98. The number of amides is 2. The number of nitrogens with one attached hydrogen (secondary N) is 1. The first-order valence-electron chi connectivity index (χ1n) is 8.72. The van der Waals surface area contributed by atoms with Gasteiger partial charge in [0.2, 0.25) is 10.0 Å². The van der Waals surface area contributed by atoms with Crippen molar-refractivity contribution in [1.82, 2.24) is 9.79 Å². The average molecular weight is 416 g/mol. The molecule has 1 fully saturated rings. The number of imide groups is 1. The number of benzene rings is 2. The van der Waals surface area contributed by atoms with E-state index in [2.05, 4.69) is 4.72 Å². The van der Waals surface area contributed by atoms with Crippen LogP contribution in [0.3, 0.4) is 0 Å². The maximum absolute atomic E-state index is 12.6. The van der Waals surface area contributed by atoms with Crippen LogP contribution in [0.15, 0.2) is 47.4 Å². The van der Waals surface area contributed by atoms with Gasteiger partial charge in [-0.25, -0.2) is 17.9 Å². The summed E-state index contributed by atoms with van der Waals surface area (Å²) in [6, 6.07) is 9.61. The van der Waals surface area contributed by atoms with Crippen molar-refractivity contribution in [3.63, 3.8) is 0 Å². The maximum atomic E-state index is 12.6. The molecule has 1 aliphatic heterocycles. The molecule has 2 aromatic rings. The fourth-order valence-corrected chi connectivity index (χ4v) is 4.38. The summed E-state index contributed by atoms with van der Waals surface area (Å²) in [5, 5.41) is 0.369. The number of sulfonamides is 1. The Labute approximate surface area is 166 Å². The summed E-state index contributed by atoms with van der Waals surface area (Å²) >= 11 is 0. The normalized spacial score (nSPS) is 16.0. The number of hydrogen-bond donors (Lipinski definition) is 1. The zero-order valence-corrected chi connectivity index (χ0v) is 16.1. The Kier molecular flexibility index (Phi) is 4.59. The zero-order valence-electron chi connectivity index (χ0n) is 15.2. The first-order valence-corrected chi connectivity index (χ1v) is 10.2. The minimum absolute atomic E-state index is 0.0513. The molecule has 0 radical (unpaired) electrons. The molecule has 2 aromatic carbocycles. The minimum atomic E-state index is -3.92. The van der Waals surface area contributed by atoms with E-state index in [4.69, 9.17) is 9.57 Å². The number of carbonyl (C=O) groups excluding carboxylic acids is 3. The second-order valence-electron chi connectivity index (χ2n) is 6.59. The van der Waals surface area contributed by atoms with Gasteiger partial charge in [-0.05, 0) is 43.2 Å². The Morgan fingerprint density at radius 3 is 2.24 bits per heavy atom. The van der Waals surface area contributed by atoms with Gasteiger partial charge in [0.05, 0.1) is 23.8 Å². The summed E-state index contributed by atoms with van der Waals surface area (Å²) in [4.78, 5) is 41.9. The number of hydroxylamine groups is 2. The third-order valence-electron chi connectivity index (χ3n) is 4.52. The Bertz CT molecular complexity index is 1100. The number of carbonyl (C=O) groups is 3.